The molecular formula is C30H36F4O3. The Bertz CT molecular complexity index is 1090. The number of halogens is 4. The van der Waals surface area contributed by atoms with Gasteiger partial charge in [-0.05, 0) is 86.0 Å². The number of hydrogen-bond donors (Lipinski definition) is 0. The number of hydrogen-bond acceptors (Lipinski definition) is 3. The molecule has 2 aromatic rings. The minimum absolute atomic E-state index is 0.0204. The van der Waals surface area contributed by atoms with Gasteiger partial charge in [-0.15, -0.1) is 0 Å². The van der Waals surface area contributed by atoms with Crippen molar-refractivity contribution in [2.24, 2.45) is 11.8 Å². The van der Waals surface area contributed by atoms with Gasteiger partial charge in [0, 0.05) is 0 Å². The molecule has 0 aromatic heterocycles. The van der Waals surface area contributed by atoms with E-state index in [1.165, 1.54) is 18.2 Å². The van der Waals surface area contributed by atoms with Crippen molar-refractivity contribution in [1.29, 1.82) is 0 Å². The van der Waals surface area contributed by atoms with E-state index in [9.17, 15) is 22.4 Å². The molecule has 0 bridgehead atoms. The molecule has 0 aliphatic heterocycles. The number of benzene rings is 2. The first kappa shape index (κ1) is 27.5. The minimum Gasteiger partial charge on any atom is -0.490 e. The summed E-state index contributed by atoms with van der Waals surface area (Å²) in [7, 11) is 0. The molecule has 0 spiro atoms. The topological polar surface area (TPSA) is 35.5 Å². The van der Waals surface area contributed by atoms with Crippen LogP contribution in [-0.2, 0) is 4.79 Å². The summed E-state index contributed by atoms with van der Waals surface area (Å²) in [6.07, 6.45) is 6.95. The van der Waals surface area contributed by atoms with Gasteiger partial charge in [0.15, 0.2) is 23.1 Å². The third kappa shape index (κ3) is 6.29. The molecule has 0 saturated heterocycles. The Morgan fingerprint density at radius 3 is 1.84 bits per heavy atom. The van der Waals surface area contributed by atoms with E-state index >= 15 is 0 Å². The van der Waals surface area contributed by atoms with Crippen molar-refractivity contribution in [3.63, 3.8) is 0 Å². The van der Waals surface area contributed by atoms with Crippen molar-refractivity contribution in [2.45, 2.75) is 89.9 Å². The first-order valence-corrected chi connectivity index (χ1v) is 13.6. The molecule has 4 rings (SSSR count). The molecule has 0 amide bonds. The van der Waals surface area contributed by atoms with Crippen LogP contribution in [0.25, 0.3) is 0 Å². The quantitative estimate of drug-likeness (QED) is 0.151. The molecular weight excluding hydrogens is 484 g/mol. The highest BCUT2D eigenvalue weighted by Gasteiger charge is 2.32. The second-order valence-electron chi connectivity index (χ2n) is 10.7. The van der Waals surface area contributed by atoms with Crippen molar-refractivity contribution in [1.82, 2.24) is 0 Å². The van der Waals surface area contributed by atoms with Crippen molar-refractivity contribution < 1.29 is 31.8 Å². The lowest BCUT2D eigenvalue weighted by atomic mass is 9.78. The summed E-state index contributed by atoms with van der Waals surface area (Å²) in [5, 5.41) is 0. The monoisotopic (exact) mass is 520 g/mol. The lowest BCUT2D eigenvalue weighted by Crippen LogP contribution is -2.26. The third-order valence-corrected chi connectivity index (χ3v) is 8.08. The highest BCUT2D eigenvalue weighted by molar-refractivity contribution is 5.75. The molecule has 37 heavy (non-hydrogen) atoms. The molecule has 0 radical (unpaired) electrons. The fourth-order valence-electron chi connectivity index (χ4n) is 5.64. The molecule has 2 fully saturated rings. The van der Waals surface area contributed by atoms with Gasteiger partial charge in [-0.25, -0.2) is 8.78 Å². The maximum absolute atomic E-state index is 14.8. The SMILES string of the molecule is CCCCOc1ccc(C2CCC(C(=O)Oc3ccc(C4CCC(C)CC4)c(F)c3F)CC2)c(F)c1F. The number of carbonyl (C=O) groups is 1. The van der Waals surface area contributed by atoms with Crippen molar-refractivity contribution in [3.8, 4) is 11.5 Å². The second-order valence-corrected chi connectivity index (χ2v) is 10.7. The number of rotatable bonds is 8. The van der Waals surface area contributed by atoms with Crippen LogP contribution < -0.4 is 9.47 Å². The number of carbonyl (C=O) groups excluding carboxylic acids is 1. The Morgan fingerprint density at radius 1 is 0.757 bits per heavy atom. The van der Waals surface area contributed by atoms with Crippen LogP contribution in [0.4, 0.5) is 17.6 Å². The molecule has 0 atom stereocenters. The van der Waals surface area contributed by atoms with Crippen LogP contribution in [0.2, 0.25) is 0 Å². The molecule has 2 aromatic carbocycles. The average molecular weight is 521 g/mol. The van der Waals surface area contributed by atoms with E-state index in [0.29, 0.717) is 43.8 Å². The Morgan fingerprint density at radius 2 is 1.27 bits per heavy atom. The summed E-state index contributed by atoms with van der Waals surface area (Å²) in [6, 6.07) is 5.89. The maximum atomic E-state index is 14.8. The Kier molecular flexibility index (Phi) is 9.14. The lowest BCUT2D eigenvalue weighted by Gasteiger charge is -2.28. The molecule has 7 heteroatoms. The Hall–Kier alpha value is -2.57. The van der Waals surface area contributed by atoms with Crippen molar-refractivity contribution >= 4 is 5.97 Å². The normalized spacial score (nSPS) is 24.1. The first-order valence-electron chi connectivity index (χ1n) is 13.6. The van der Waals surface area contributed by atoms with E-state index in [-0.39, 0.29) is 23.1 Å². The van der Waals surface area contributed by atoms with Gasteiger partial charge in [0.05, 0.1) is 12.5 Å². The van der Waals surface area contributed by atoms with Crippen LogP contribution in [-0.4, -0.2) is 12.6 Å². The first-order chi connectivity index (χ1) is 17.8. The van der Waals surface area contributed by atoms with Gasteiger partial charge >= 0.3 is 5.97 Å². The van der Waals surface area contributed by atoms with Crippen LogP contribution in [0.5, 0.6) is 11.5 Å². The average Bonchev–Trinajstić information content (AvgIpc) is 2.90. The van der Waals surface area contributed by atoms with Crippen LogP contribution >= 0.6 is 0 Å². The van der Waals surface area contributed by atoms with Crippen LogP contribution in [0.3, 0.4) is 0 Å². The predicted molar refractivity (Wildman–Crippen MR) is 134 cm³/mol. The highest BCUT2D eigenvalue weighted by atomic mass is 19.2. The van der Waals surface area contributed by atoms with Gasteiger partial charge in [-0.1, -0.05) is 45.2 Å². The fraction of sp³-hybridized carbons (Fsp3) is 0.567. The number of ether oxygens (including phenoxy) is 2. The van der Waals surface area contributed by atoms with Crippen LogP contribution in [0, 0.1) is 35.1 Å². The van der Waals surface area contributed by atoms with Gasteiger partial charge in [0.2, 0.25) is 11.6 Å². The molecule has 2 aliphatic rings. The van der Waals surface area contributed by atoms with Gasteiger partial charge in [-0.2, -0.15) is 8.78 Å². The summed E-state index contributed by atoms with van der Waals surface area (Å²) < 4.78 is 69.4. The summed E-state index contributed by atoms with van der Waals surface area (Å²) in [4.78, 5) is 12.7. The summed E-state index contributed by atoms with van der Waals surface area (Å²) in [6.45, 7) is 4.48. The van der Waals surface area contributed by atoms with E-state index in [0.717, 1.165) is 38.5 Å². The zero-order chi connectivity index (χ0) is 26.5. The van der Waals surface area contributed by atoms with Gasteiger partial charge in [0.25, 0.3) is 0 Å². The predicted octanol–water partition coefficient (Wildman–Crippen LogP) is 8.60. The van der Waals surface area contributed by atoms with Crippen molar-refractivity contribution in [2.75, 3.05) is 6.61 Å². The smallest absolute Gasteiger partial charge is 0.314 e. The fourth-order valence-corrected chi connectivity index (χ4v) is 5.64. The highest BCUT2D eigenvalue weighted by Crippen LogP contribution is 2.41. The van der Waals surface area contributed by atoms with E-state index in [1.807, 2.05) is 6.92 Å². The van der Waals surface area contributed by atoms with Crippen LogP contribution in [0.1, 0.15) is 101 Å². The van der Waals surface area contributed by atoms with Gasteiger partial charge < -0.3 is 9.47 Å². The third-order valence-electron chi connectivity index (χ3n) is 8.08. The molecule has 0 N–H and O–H groups in total. The standard InChI is InChI=1S/C30H36F4O3/c1-3-4-17-36-24-15-13-22(26(31)28(24)33)20-9-11-21(12-10-20)30(35)37-25-16-14-23(27(32)29(25)34)19-7-5-18(2)6-8-19/h13-16,18-21H,3-12,17H2,1-2H3. The number of esters is 1. The van der Waals surface area contributed by atoms with E-state index in [1.54, 1.807) is 6.07 Å². The van der Waals surface area contributed by atoms with Gasteiger partial charge in [0.1, 0.15) is 0 Å². The molecule has 0 unspecified atom stereocenters. The van der Waals surface area contributed by atoms with Crippen LogP contribution in [0.15, 0.2) is 24.3 Å². The zero-order valence-corrected chi connectivity index (χ0v) is 21.6. The van der Waals surface area contributed by atoms with Gasteiger partial charge in [-0.3, -0.25) is 4.79 Å². The maximum Gasteiger partial charge on any atom is 0.314 e. The Labute approximate surface area is 216 Å². The minimum atomic E-state index is -1.13. The number of unbranched alkanes of at least 4 members (excludes halogenated alkanes) is 1. The largest absolute Gasteiger partial charge is 0.490 e. The molecule has 2 saturated carbocycles. The molecule has 0 heterocycles. The molecule has 3 nitrogen and oxygen atoms in total. The zero-order valence-electron chi connectivity index (χ0n) is 21.6. The summed E-state index contributed by atoms with van der Waals surface area (Å²) in [5.74, 6) is -5.25. The summed E-state index contributed by atoms with van der Waals surface area (Å²) in [5.41, 5.74) is 0.619. The Balaban J connectivity index is 1.35. The second kappa shape index (κ2) is 12.3. The van der Waals surface area contributed by atoms with E-state index < -0.39 is 40.9 Å². The molecule has 202 valence electrons. The summed E-state index contributed by atoms with van der Waals surface area (Å²) >= 11 is 0. The van der Waals surface area contributed by atoms with E-state index in [2.05, 4.69) is 6.92 Å². The molecule has 2 aliphatic carbocycles. The van der Waals surface area contributed by atoms with E-state index in [4.69, 9.17) is 9.47 Å². The lowest BCUT2D eigenvalue weighted by molar-refractivity contribution is -0.140. The van der Waals surface area contributed by atoms with Crippen molar-refractivity contribution in [3.05, 3.63) is 58.7 Å².